The van der Waals surface area contributed by atoms with Crippen molar-refractivity contribution in [3.05, 3.63) is 0 Å². The van der Waals surface area contributed by atoms with E-state index in [1.54, 1.807) is 6.92 Å². The van der Waals surface area contributed by atoms with Gasteiger partial charge in [0.15, 0.2) is 12.1 Å². The maximum absolute atomic E-state index is 11.7. The molecule has 5 nitrogen and oxygen atoms in total. The molecule has 0 bridgehead atoms. The van der Waals surface area contributed by atoms with Crippen LogP contribution in [0.25, 0.3) is 0 Å². The minimum absolute atomic E-state index is 0.00896. The van der Waals surface area contributed by atoms with Gasteiger partial charge in [-0.1, -0.05) is 0 Å². The second-order valence-electron chi connectivity index (χ2n) is 5.62. The second-order valence-corrected chi connectivity index (χ2v) is 5.62. The minimum Gasteiger partial charge on any atom is -0.433 e. The normalized spacial score (nSPS) is 66.2. The van der Waals surface area contributed by atoms with Gasteiger partial charge in [-0.05, 0) is 13.3 Å². The van der Waals surface area contributed by atoms with E-state index in [0.29, 0.717) is 6.42 Å². The van der Waals surface area contributed by atoms with Crippen LogP contribution < -0.4 is 0 Å². The number of aliphatic hydroxyl groups excluding tert-OH is 1. The van der Waals surface area contributed by atoms with Crippen LogP contribution in [-0.2, 0) is 19.0 Å². The van der Waals surface area contributed by atoms with Crippen LogP contribution in [0.15, 0.2) is 0 Å². The van der Waals surface area contributed by atoms with Crippen molar-refractivity contribution in [1.82, 2.24) is 0 Å². The van der Waals surface area contributed by atoms with Crippen molar-refractivity contribution in [3.63, 3.8) is 0 Å². The van der Waals surface area contributed by atoms with Gasteiger partial charge in [-0.3, -0.25) is 4.79 Å². The molecule has 4 rings (SSSR count). The quantitative estimate of drug-likeness (QED) is 0.599. The standard InChI is InChI=1S/C11H14O5/c1-10-6-4(8(12)14-10)3-5-7(6)11(2,16-10)15-9(5)13/h4-8,12H,3H2,1-2H3/t4-,5+,6-,7-,8-,10+,11-/m1/s1. The number of carbonyl (C=O) groups excluding carboxylic acids is 1. The molecule has 4 fully saturated rings. The van der Waals surface area contributed by atoms with Crippen LogP contribution in [-0.4, -0.2) is 28.9 Å². The van der Waals surface area contributed by atoms with Gasteiger partial charge in [-0.15, -0.1) is 0 Å². The Bertz CT molecular complexity index is 396. The lowest BCUT2D eigenvalue weighted by molar-refractivity contribution is -0.314. The summed E-state index contributed by atoms with van der Waals surface area (Å²) in [5.41, 5.74) is 0. The molecule has 7 atom stereocenters. The Labute approximate surface area is 92.7 Å². The van der Waals surface area contributed by atoms with Gasteiger partial charge < -0.3 is 19.3 Å². The van der Waals surface area contributed by atoms with E-state index < -0.39 is 17.9 Å². The van der Waals surface area contributed by atoms with E-state index in [-0.39, 0.29) is 29.6 Å². The molecule has 0 aromatic heterocycles. The number of rotatable bonds is 0. The van der Waals surface area contributed by atoms with Gasteiger partial charge in [0, 0.05) is 24.7 Å². The molecule has 0 spiro atoms. The summed E-state index contributed by atoms with van der Waals surface area (Å²) in [6, 6.07) is 0. The summed E-state index contributed by atoms with van der Waals surface area (Å²) in [6.45, 7) is 3.64. The SMILES string of the molecule is C[C@]12O[C@@H](O)[C@@H]3C[C@@H]4C(=O)O[C@](C)(O1)[C@H]4[C@@H]32. The van der Waals surface area contributed by atoms with Gasteiger partial charge in [0.2, 0.25) is 5.79 Å². The molecule has 0 amide bonds. The third kappa shape index (κ3) is 0.772. The molecule has 0 aromatic carbocycles. The summed E-state index contributed by atoms with van der Waals surface area (Å²) in [5.74, 6) is -1.84. The largest absolute Gasteiger partial charge is 0.433 e. The van der Waals surface area contributed by atoms with Gasteiger partial charge in [-0.2, -0.15) is 0 Å². The van der Waals surface area contributed by atoms with Crippen molar-refractivity contribution < 1.29 is 24.1 Å². The first-order valence-corrected chi connectivity index (χ1v) is 5.73. The average Bonchev–Trinajstić information content (AvgIpc) is 2.74. The van der Waals surface area contributed by atoms with Crippen LogP contribution in [0.2, 0.25) is 0 Å². The number of hydrogen-bond acceptors (Lipinski definition) is 5. The lowest BCUT2D eigenvalue weighted by Gasteiger charge is -2.27. The smallest absolute Gasteiger partial charge is 0.312 e. The molecular weight excluding hydrogens is 212 g/mol. The summed E-state index contributed by atoms with van der Waals surface area (Å²) in [5, 5.41) is 9.83. The van der Waals surface area contributed by atoms with E-state index in [9.17, 15) is 9.90 Å². The molecule has 3 saturated heterocycles. The molecule has 5 heteroatoms. The van der Waals surface area contributed by atoms with Crippen LogP contribution in [0.5, 0.6) is 0 Å². The highest BCUT2D eigenvalue weighted by molar-refractivity contribution is 5.76. The molecule has 0 aromatic rings. The number of hydrogen-bond donors (Lipinski definition) is 1. The summed E-state index contributed by atoms with van der Waals surface area (Å²) in [7, 11) is 0. The summed E-state index contributed by atoms with van der Waals surface area (Å²) < 4.78 is 16.6. The first-order chi connectivity index (χ1) is 7.45. The zero-order valence-electron chi connectivity index (χ0n) is 9.17. The Kier molecular flexibility index (Phi) is 1.35. The lowest BCUT2D eigenvalue weighted by Crippen LogP contribution is -2.36. The summed E-state index contributed by atoms with van der Waals surface area (Å²) in [4.78, 5) is 11.7. The highest BCUT2D eigenvalue weighted by atomic mass is 16.8. The Balaban J connectivity index is 1.87. The Morgan fingerprint density at radius 2 is 2.06 bits per heavy atom. The zero-order chi connectivity index (χ0) is 11.3. The van der Waals surface area contributed by atoms with Crippen molar-refractivity contribution >= 4 is 5.97 Å². The fraction of sp³-hybridized carbons (Fsp3) is 0.909. The van der Waals surface area contributed by atoms with Gasteiger partial charge in [0.05, 0.1) is 5.92 Å². The molecular formula is C11H14O5. The summed E-state index contributed by atoms with van der Waals surface area (Å²) >= 11 is 0. The molecule has 0 unspecified atom stereocenters. The molecule has 0 radical (unpaired) electrons. The third-order valence-electron chi connectivity index (χ3n) is 4.75. The highest BCUT2D eigenvalue weighted by Gasteiger charge is 2.77. The van der Waals surface area contributed by atoms with Gasteiger partial charge in [0.25, 0.3) is 0 Å². The third-order valence-corrected chi connectivity index (χ3v) is 4.75. The minimum atomic E-state index is -0.851. The van der Waals surface area contributed by atoms with Crippen LogP contribution in [0.1, 0.15) is 20.3 Å². The first-order valence-electron chi connectivity index (χ1n) is 5.73. The maximum Gasteiger partial charge on any atom is 0.312 e. The summed E-state index contributed by atoms with van der Waals surface area (Å²) in [6.07, 6.45) is -0.151. The van der Waals surface area contributed by atoms with Crippen molar-refractivity contribution in [1.29, 1.82) is 0 Å². The molecule has 1 aliphatic carbocycles. The van der Waals surface area contributed by atoms with E-state index in [4.69, 9.17) is 14.2 Å². The topological polar surface area (TPSA) is 65.0 Å². The highest BCUT2D eigenvalue weighted by Crippen LogP contribution is 2.67. The van der Waals surface area contributed by atoms with E-state index in [1.807, 2.05) is 6.92 Å². The molecule has 4 aliphatic rings. The number of carbonyl (C=O) groups is 1. The van der Waals surface area contributed by atoms with Crippen LogP contribution in [0.4, 0.5) is 0 Å². The lowest BCUT2D eigenvalue weighted by atomic mass is 9.83. The van der Waals surface area contributed by atoms with Gasteiger partial charge in [0.1, 0.15) is 0 Å². The molecule has 1 saturated carbocycles. The van der Waals surface area contributed by atoms with Gasteiger partial charge in [-0.25, -0.2) is 0 Å². The predicted octanol–water partition coefficient (Wildman–Crippen LogP) is 0.223. The van der Waals surface area contributed by atoms with E-state index in [0.717, 1.165) is 0 Å². The number of aliphatic hydroxyl groups is 1. The van der Waals surface area contributed by atoms with Crippen molar-refractivity contribution in [2.24, 2.45) is 23.7 Å². The molecule has 88 valence electrons. The number of ether oxygens (including phenoxy) is 3. The van der Waals surface area contributed by atoms with Crippen molar-refractivity contribution in [2.45, 2.75) is 38.1 Å². The van der Waals surface area contributed by atoms with E-state index >= 15 is 0 Å². The molecule has 3 aliphatic heterocycles. The second kappa shape index (κ2) is 2.30. The van der Waals surface area contributed by atoms with E-state index in [2.05, 4.69) is 0 Å². The Morgan fingerprint density at radius 1 is 1.31 bits per heavy atom. The maximum atomic E-state index is 11.7. The molecule has 16 heavy (non-hydrogen) atoms. The fourth-order valence-corrected chi connectivity index (χ4v) is 4.38. The zero-order valence-corrected chi connectivity index (χ0v) is 9.17. The van der Waals surface area contributed by atoms with E-state index in [1.165, 1.54) is 0 Å². The molecule has 1 N–H and O–H groups in total. The van der Waals surface area contributed by atoms with Crippen LogP contribution in [0, 0.1) is 23.7 Å². The fourth-order valence-electron chi connectivity index (χ4n) is 4.38. The average molecular weight is 226 g/mol. The Hall–Kier alpha value is -0.650. The number of esters is 1. The van der Waals surface area contributed by atoms with Crippen LogP contribution >= 0.6 is 0 Å². The van der Waals surface area contributed by atoms with Gasteiger partial charge >= 0.3 is 5.97 Å². The monoisotopic (exact) mass is 226 g/mol. The molecule has 3 heterocycles. The first kappa shape index (κ1) is 9.39. The predicted molar refractivity (Wildman–Crippen MR) is 49.7 cm³/mol. The van der Waals surface area contributed by atoms with Crippen LogP contribution in [0.3, 0.4) is 0 Å². The van der Waals surface area contributed by atoms with Crippen molar-refractivity contribution in [3.8, 4) is 0 Å². The van der Waals surface area contributed by atoms with Crippen molar-refractivity contribution in [2.75, 3.05) is 0 Å². The Morgan fingerprint density at radius 3 is 2.81 bits per heavy atom.